The second-order valence-corrected chi connectivity index (χ2v) is 8.05. The predicted octanol–water partition coefficient (Wildman–Crippen LogP) is 2.17. The van der Waals surface area contributed by atoms with Gasteiger partial charge in [-0.3, -0.25) is 9.69 Å². The van der Waals surface area contributed by atoms with Crippen molar-refractivity contribution in [1.29, 1.82) is 0 Å². The van der Waals surface area contributed by atoms with Crippen molar-refractivity contribution in [2.24, 2.45) is 0 Å². The van der Waals surface area contributed by atoms with Gasteiger partial charge in [0.2, 0.25) is 5.91 Å². The van der Waals surface area contributed by atoms with Crippen molar-refractivity contribution in [1.82, 2.24) is 14.7 Å². The Bertz CT molecular complexity index is 730. The minimum Gasteiger partial charge on any atom is -0.493 e. The normalized spacial score (nSPS) is 22.5. The zero-order chi connectivity index (χ0) is 19.5. The molecule has 7 heteroatoms. The maximum atomic E-state index is 12.6. The molecule has 0 bridgehead atoms. The molecule has 1 aromatic carbocycles. The van der Waals surface area contributed by atoms with Crippen molar-refractivity contribution in [3.63, 3.8) is 0 Å². The number of hydrogen-bond donors (Lipinski definition) is 1. The topological polar surface area (TPSA) is 65.1 Å². The number of ether oxygens (including phenoxy) is 1. The number of rotatable bonds is 3. The molecule has 1 N–H and O–H groups in total. The Morgan fingerprint density at radius 1 is 1.14 bits per heavy atom. The number of hydrogen-bond acceptors (Lipinski definition) is 4. The molecule has 3 aliphatic rings. The number of nitrogens with one attached hydrogen (secondary N) is 1. The molecular formula is C21H30N4O3. The van der Waals surface area contributed by atoms with Gasteiger partial charge in [-0.25, -0.2) is 4.79 Å². The van der Waals surface area contributed by atoms with Crippen LogP contribution in [0.5, 0.6) is 5.75 Å². The number of amides is 3. The summed E-state index contributed by atoms with van der Waals surface area (Å²) in [5.41, 5.74) is 1.96. The number of likely N-dealkylation sites (tertiary alicyclic amines) is 1. The molecule has 1 atom stereocenters. The van der Waals surface area contributed by atoms with E-state index in [9.17, 15) is 9.59 Å². The van der Waals surface area contributed by atoms with Gasteiger partial charge in [0.25, 0.3) is 0 Å². The summed E-state index contributed by atoms with van der Waals surface area (Å²) in [5, 5.41) is 2.99. The van der Waals surface area contributed by atoms with Crippen molar-refractivity contribution in [2.45, 2.75) is 38.6 Å². The largest absolute Gasteiger partial charge is 0.493 e. The fraction of sp³-hybridized carbons (Fsp3) is 0.619. The number of carbonyl (C=O) groups excluding carboxylic acids is 2. The standard InChI is InChI=1S/C21H30N4O3/c1-16-4-2-3-8-25(16)20(26)15-23-9-11-24(12-10-23)21(27)22-18-5-6-19-17(14-18)7-13-28-19/h5-6,14,16H,2-4,7-13,15H2,1H3,(H,22,27). The Kier molecular flexibility index (Phi) is 5.71. The van der Waals surface area contributed by atoms with Crippen LogP contribution in [0.2, 0.25) is 0 Å². The summed E-state index contributed by atoms with van der Waals surface area (Å²) in [6.07, 6.45) is 4.32. The molecule has 2 fully saturated rings. The quantitative estimate of drug-likeness (QED) is 0.865. The number of piperazine rings is 1. The summed E-state index contributed by atoms with van der Waals surface area (Å²) in [6, 6.07) is 6.08. The van der Waals surface area contributed by atoms with Gasteiger partial charge in [0.05, 0.1) is 13.2 Å². The lowest BCUT2D eigenvalue weighted by atomic mass is 10.0. The van der Waals surface area contributed by atoms with Crippen LogP contribution in [0.1, 0.15) is 31.7 Å². The third-order valence-electron chi connectivity index (χ3n) is 6.08. The highest BCUT2D eigenvalue weighted by atomic mass is 16.5. The van der Waals surface area contributed by atoms with Gasteiger partial charge in [-0.1, -0.05) is 0 Å². The average Bonchev–Trinajstić information content (AvgIpc) is 3.16. The summed E-state index contributed by atoms with van der Waals surface area (Å²) >= 11 is 0. The van der Waals surface area contributed by atoms with Gasteiger partial charge in [-0.15, -0.1) is 0 Å². The molecule has 2 saturated heterocycles. The number of fused-ring (bicyclic) bond motifs is 1. The Hall–Kier alpha value is -2.28. The van der Waals surface area contributed by atoms with Crippen molar-refractivity contribution < 1.29 is 14.3 Å². The minimum absolute atomic E-state index is 0.0745. The van der Waals surface area contributed by atoms with Crippen molar-refractivity contribution in [3.8, 4) is 5.75 Å². The fourth-order valence-corrected chi connectivity index (χ4v) is 4.33. The van der Waals surface area contributed by atoms with Gasteiger partial charge in [-0.2, -0.15) is 0 Å². The lowest BCUT2D eigenvalue weighted by molar-refractivity contribution is -0.136. The zero-order valence-corrected chi connectivity index (χ0v) is 16.7. The van der Waals surface area contributed by atoms with Crippen LogP contribution in [0.15, 0.2) is 18.2 Å². The predicted molar refractivity (Wildman–Crippen MR) is 108 cm³/mol. The molecule has 0 spiro atoms. The number of nitrogens with zero attached hydrogens (tertiary/aromatic N) is 3. The highest BCUT2D eigenvalue weighted by molar-refractivity contribution is 5.89. The van der Waals surface area contributed by atoms with Gasteiger partial charge >= 0.3 is 6.03 Å². The van der Waals surface area contributed by atoms with Crippen molar-refractivity contribution in [3.05, 3.63) is 23.8 Å². The monoisotopic (exact) mass is 386 g/mol. The molecule has 0 saturated carbocycles. The summed E-state index contributed by atoms with van der Waals surface area (Å²) in [7, 11) is 0. The van der Waals surface area contributed by atoms with E-state index in [4.69, 9.17) is 4.74 Å². The first kappa shape index (κ1) is 19.1. The highest BCUT2D eigenvalue weighted by Gasteiger charge is 2.27. The Morgan fingerprint density at radius 2 is 1.96 bits per heavy atom. The molecule has 3 heterocycles. The van der Waals surface area contributed by atoms with Gasteiger partial charge < -0.3 is 19.9 Å². The van der Waals surface area contributed by atoms with E-state index in [2.05, 4.69) is 17.1 Å². The van der Waals surface area contributed by atoms with Gasteiger partial charge in [0.1, 0.15) is 5.75 Å². The third kappa shape index (κ3) is 4.24. The van der Waals surface area contributed by atoms with Crippen LogP contribution >= 0.6 is 0 Å². The van der Waals surface area contributed by atoms with Gasteiger partial charge in [0, 0.05) is 50.9 Å². The first-order chi connectivity index (χ1) is 13.6. The summed E-state index contributed by atoms with van der Waals surface area (Å²) < 4.78 is 5.51. The maximum absolute atomic E-state index is 12.6. The third-order valence-corrected chi connectivity index (χ3v) is 6.08. The number of urea groups is 1. The van der Waals surface area contributed by atoms with E-state index in [0.29, 0.717) is 32.3 Å². The Morgan fingerprint density at radius 3 is 2.75 bits per heavy atom. The van der Waals surface area contributed by atoms with Crippen LogP contribution in [0.3, 0.4) is 0 Å². The molecule has 1 unspecified atom stereocenters. The van der Waals surface area contributed by atoms with E-state index in [1.54, 1.807) is 0 Å². The molecule has 3 aliphatic heterocycles. The smallest absolute Gasteiger partial charge is 0.321 e. The van der Waals surface area contributed by atoms with E-state index < -0.39 is 0 Å². The van der Waals surface area contributed by atoms with E-state index in [-0.39, 0.29) is 11.9 Å². The molecule has 1 aromatic rings. The Balaban J connectivity index is 1.24. The first-order valence-electron chi connectivity index (χ1n) is 10.4. The molecule has 0 aliphatic carbocycles. The summed E-state index contributed by atoms with van der Waals surface area (Å²) in [6.45, 7) is 6.96. The molecule has 7 nitrogen and oxygen atoms in total. The zero-order valence-electron chi connectivity index (χ0n) is 16.7. The second-order valence-electron chi connectivity index (χ2n) is 8.05. The number of benzene rings is 1. The van der Waals surface area contributed by atoms with Crippen LogP contribution in [0.25, 0.3) is 0 Å². The second kappa shape index (κ2) is 8.39. The SMILES string of the molecule is CC1CCCCN1C(=O)CN1CCN(C(=O)Nc2ccc3c(c2)CCO3)CC1. The van der Waals surface area contributed by atoms with E-state index in [1.165, 1.54) is 6.42 Å². The molecule has 4 rings (SSSR count). The maximum Gasteiger partial charge on any atom is 0.321 e. The molecule has 0 aromatic heterocycles. The number of piperidine rings is 1. The van der Waals surface area contributed by atoms with Crippen LogP contribution in [-0.4, -0.2) is 78.6 Å². The van der Waals surface area contributed by atoms with Crippen LogP contribution < -0.4 is 10.1 Å². The minimum atomic E-state index is -0.0745. The average molecular weight is 386 g/mol. The van der Waals surface area contributed by atoms with E-state index in [1.807, 2.05) is 28.0 Å². The lowest BCUT2D eigenvalue weighted by Gasteiger charge is -2.38. The summed E-state index contributed by atoms with van der Waals surface area (Å²) in [5.74, 6) is 1.14. The van der Waals surface area contributed by atoms with Gasteiger partial charge in [-0.05, 0) is 49.9 Å². The fourth-order valence-electron chi connectivity index (χ4n) is 4.33. The van der Waals surface area contributed by atoms with Crippen LogP contribution in [-0.2, 0) is 11.2 Å². The van der Waals surface area contributed by atoms with Crippen LogP contribution in [0.4, 0.5) is 10.5 Å². The molecular weight excluding hydrogens is 356 g/mol. The molecule has 28 heavy (non-hydrogen) atoms. The first-order valence-corrected chi connectivity index (χ1v) is 10.4. The Labute approximate surface area is 166 Å². The van der Waals surface area contributed by atoms with Crippen LogP contribution in [0, 0.1) is 0 Å². The molecule has 3 amide bonds. The van der Waals surface area contributed by atoms with Crippen molar-refractivity contribution >= 4 is 17.6 Å². The molecule has 0 radical (unpaired) electrons. The van der Waals surface area contributed by atoms with E-state index in [0.717, 1.165) is 55.9 Å². The highest BCUT2D eigenvalue weighted by Crippen LogP contribution is 2.28. The van der Waals surface area contributed by atoms with E-state index >= 15 is 0 Å². The van der Waals surface area contributed by atoms with Gasteiger partial charge in [0.15, 0.2) is 0 Å². The lowest BCUT2D eigenvalue weighted by Crippen LogP contribution is -2.53. The summed E-state index contributed by atoms with van der Waals surface area (Å²) in [4.78, 5) is 31.2. The number of carbonyl (C=O) groups is 2. The van der Waals surface area contributed by atoms with Crippen molar-refractivity contribution in [2.75, 3.05) is 51.2 Å². The molecule has 152 valence electrons. The number of anilines is 1.